The lowest BCUT2D eigenvalue weighted by Gasteiger charge is -2.08. The molecule has 0 saturated carbocycles. The topological polar surface area (TPSA) is 62.2 Å². The number of carboxylic acid groups (broad SMARTS) is 1. The summed E-state index contributed by atoms with van der Waals surface area (Å²) in [6, 6.07) is 7.61. The molecule has 0 fully saturated rings. The maximum atomic E-state index is 10.8. The monoisotopic (exact) mass is 262 g/mol. The van der Waals surface area contributed by atoms with Gasteiger partial charge < -0.3 is 10.4 Å². The fourth-order valence-electron chi connectivity index (χ4n) is 1.72. The van der Waals surface area contributed by atoms with E-state index >= 15 is 0 Å². The zero-order chi connectivity index (χ0) is 12.8. The van der Waals surface area contributed by atoms with E-state index in [2.05, 4.69) is 10.3 Å². The molecule has 0 saturated heterocycles. The third kappa shape index (κ3) is 3.65. The summed E-state index contributed by atoms with van der Waals surface area (Å²) in [5.74, 6) is -0.801. The number of carboxylic acids is 1. The second-order valence-electron chi connectivity index (χ2n) is 3.91. The second-order valence-corrected chi connectivity index (χ2v) is 4.88. The van der Waals surface area contributed by atoms with Crippen LogP contribution in [0.1, 0.15) is 16.0 Å². The Hall–Kier alpha value is -1.72. The molecule has 1 aromatic carbocycles. The maximum absolute atomic E-state index is 10.8. The van der Waals surface area contributed by atoms with Gasteiger partial charge in [0.1, 0.15) is 0 Å². The molecule has 2 aromatic rings. The molecule has 0 unspecified atom stereocenters. The van der Waals surface area contributed by atoms with Gasteiger partial charge >= 0.3 is 5.97 Å². The van der Waals surface area contributed by atoms with E-state index in [-0.39, 0.29) is 6.42 Å². The van der Waals surface area contributed by atoms with Crippen molar-refractivity contribution in [1.29, 1.82) is 0 Å². The van der Waals surface area contributed by atoms with E-state index in [4.69, 9.17) is 5.11 Å². The van der Waals surface area contributed by atoms with Gasteiger partial charge in [-0.15, -0.1) is 11.3 Å². The van der Waals surface area contributed by atoms with Crippen LogP contribution >= 0.6 is 11.3 Å². The van der Waals surface area contributed by atoms with Crippen molar-refractivity contribution in [3.05, 3.63) is 52.0 Å². The first kappa shape index (κ1) is 12.7. The molecule has 1 heterocycles. The van der Waals surface area contributed by atoms with E-state index < -0.39 is 5.97 Å². The minimum atomic E-state index is -0.801. The third-order valence-electron chi connectivity index (χ3n) is 2.56. The first-order valence-corrected chi connectivity index (χ1v) is 6.50. The largest absolute Gasteiger partial charge is 0.481 e. The fourth-order valence-corrected chi connectivity index (χ4v) is 2.28. The minimum Gasteiger partial charge on any atom is -0.481 e. The lowest BCUT2D eigenvalue weighted by atomic mass is 10.0. The standard InChI is InChI=1S/C13H14N2O2S/c16-13(17)5-10-3-1-2-4-11(10)6-14-7-12-8-15-9-18-12/h1-4,8-9,14H,5-7H2,(H,16,17). The predicted molar refractivity (Wildman–Crippen MR) is 70.4 cm³/mol. The second kappa shape index (κ2) is 6.28. The van der Waals surface area contributed by atoms with Gasteiger partial charge in [0.15, 0.2) is 0 Å². The average molecular weight is 262 g/mol. The molecule has 0 spiro atoms. The summed E-state index contributed by atoms with van der Waals surface area (Å²) in [5.41, 5.74) is 3.70. The number of nitrogens with zero attached hydrogens (tertiary/aromatic N) is 1. The summed E-state index contributed by atoms with van der Waals surface area (Å²) in [6.45, 7) is 1.42. The molecule has 0 aliphatic heterocycles. The summed E-state index contributed by atoms with van der Waals surface area (Å²) < 4.78 is 0. The van der Waals surface area contributed by atoms with Crippen LogP contribution in [0.3, 0.4) is 0 Å². The van der Waals surface area contributed by atoms with Crippen LogP contribution in [0.25, 0.3) is 0 Å². The normalized spacial score (nSPS) is 10.4. The van der Waals surface area contributed by atoms with E-state index in [0.717, 1.165) is 17.7 Å². The van der Waals surface area contributed by atoms with Crippen molar-refractivity contribution in [3.63, 3.8) is 0 Å². The first-order valence-electron chi connectivity index (χ1n) is 5.62. The van der Waals surface area contributed by atoms with Gasteiger partial charge in [0.05, 0.1) is 11.9 Å². The smallest absolute Gasteiger partial charge is 0.307 e. The Morgan fingerprint density at radius 1 is 1.28 bits per heavy atom. The quantitative estimate of drug-likeness (QED) is 0.836. The number of thiazole rings is 1. The summed E-state index contributed by atoms with van der Waals surface area (Å²) in [4.78, 5) is 15.9. The van der Waals surface area contributed by atoms with E-state index in [0.29, 0.717) is 6.54 Å². The molecule has 0 radical (unpaired) electrons. The lowest BCUT2D eigenvalue weighted by Crippen LogP contribution is -2.14. The number of aliphatic carboxylic acids is 1. The van der Waals surface area contributed by atoms with E-state index in [1.807, 2.05) is 30.5 Å². The molecular formula is C13H14N2O2S. The molecule has 18 heavy (non-hydrogen) atoms. The Labute approximate surface area is 109 Å². The first-order chi connectivity index (χ1) is 8.75. The van der Waals surface area contributed by atoms with Gasteiger partial charge in [0.25, 0.3) is 0 Å². The van der Waals surface area contributed by atoms with Gasteiger partial charge in [0, 0.05) is 24.2 Å². The molecule has 0 bridgehead atoms. The molecule has 2 N–H and O–H groups in total. The van der Waals surface area contributed by atoms with Crippen molar-refractivity contribution in [2.45, 2.75) is 19.5 Å². The van der Waals surface area contributed by atoms with Crippen molar-refractivity contribution in [3.8, 4) is 0 Å². The van der Waals surface area contributed by atoms with Crippen molar-refractivity contribution >= 4 is 17.3 Å². The molecule has 0 amide bonds. The van der Waals surface area contributed by atoms with Gasteiger partial charge in [0.2, 0.25) is 0 Å². The van der Waals surface area contributed by atoms with Crippen molar-refractivity contribution in [2.75, 3.05) is 0 Å². The molecule has 0 aliphatic rings. The minimum absolute atomic E-state index is 0.0679. The molecule has 0 aliphatic carbocycles. The van der Waals surface area contributed by atoms with Crippen LogP contribution in [0.5, 0.6) is 0 Å². The highest BCUT2D eigenvalue weighted by molar-refractivity contribution is 7.09. The highest BCUT2D eigenvalue weighted by Gasteiger charge is 2.05. The van der Waals surface area contributed by atoms with Gasteiger partial charge in [-0.2, -0.15) is 0 Å². The van der Waals surface area contributed by atoms with Crippen LogP contribution in [0.4, 0.5) is 0 Å². The highest BCUT2D eigenvalue weighted by Crippen LogP contribution is 2.10. The van der Waals surface area contributed by atoms with Crippen LogP contribution in [-0.4, -0.2) is 16.1 Å². The molecule has 1 aromatic heterocycles. The van der Waals surface area contributed by atoms with Crippen LogP contribution < -0.4 is 5.32 Å². The Kier molecular flexibility index (Phi) is 4.44. The van der Waals surface area contributed by atoms with Gasteiger partial charge in [-0.05, 0) is 11.1 Å². The van der Waals surface area contributed by atoms with Gasteiger partial charge in [-0.3, -0.25) is 9.78 Å². The SMILES string of the molecule is O=C(O)Cc1ccccc1CNCc1cncs1. The zero-order valence-corrected chi connectivity index (χ0v) is 10.6. The van der Waals surface area contributed by atoms with E-state index in [9.17, 15) is 4.79 Å². The van der Waals surface area contributed by atoms with Crippen molar-refractivity contribution in [1.82, 2.24) is 10.3 Å². The Balaban J connectivity index is 1.94. The van der Waals surface area contributed by atoms with Crippen molar-refractivity contribution in [2.24, 2.45) is 0 Å². The Morgan fingerprint density at radius 2 is 2.06 bits per heavy atom. The van der Waals surface area contributed by atoms with Crippen LogP contribution in [0, 0.1) is 0 Å². The van der Waals surface area contributed by atoms with E-state index in [1.54, 1.807) is 16.8 Å². The van der Waals surface area contributed by atoms with Crippen LogP contribution in [-0.2, 0) is 24.3 Å². The van der Waals surface area contributed by atoms with Crippen LogP contribution in [0.2, 0.25) is 0 Å². The maximum Gasteiger partial charge on any atom is 0.307 e. The summed E-state index contributed by atoms with van der Waals surface area (Å²) >= 11 is 1.61. The molecule has 0 atom stereocenters. The number of aromatic nitrogens is 1. The molecule has 5 heteroatoms. The fraction of sp³-hybridized carbons (Fsp3) is 0.231. The summed E-state index contributed by atoms with van der Waals surface area (Å²) in [6.07, 6.45) is 1.90. The number of carbonyl (C=O) groups is 1. The van der Waals surface area contributed by atoms with E-state index in [1.165, 1.54) is 4.88 Å². The molecule has 94 valence electrons. The summed E-state index contributed by atoms with van der Waals surface area (Å²) in [7, 11) is 0. The predicted octanol–water partition coefficient (Wildman–Crippen LogP) is 2.06. The van der Waals surface area contributed by atoms with Crippen molar-refractivity contribution < 1.29 is 9.90 Å². The number of hydrogen-bond acceptors (Lipinski definition) is 4. The third-order valence-corrected chi connectivity index (χ3v) is 3.34. The Bertz CT molecular complexity index is 511. The van der Waals surface area contributed by atoms with Gasteiger partial charge in [-0.25, -0.2) is 0 Å². The summed E-state index contributed by atoms with van der Waals surface area (Å²) in [5, 5.41) is 12.1. The number of rotatable bonds is 6. The molecule has 2 rings (SSSR count). The zero-order valence-electron chi connectivity index (χ0n) is 9.80. The van der Waals surface area contributed by atoms with Crippen LogP contribution in [0.15, 0.2) is 36.0 Å². The Morgan fingerprint density at radius 3 is 2.72 bits per heavy atom. The highest BCUT2D eigenvalue weighted by atomic mass is 32.1. The lowest BCUT2D eigenvalue weighted by molar-refractivity contribution is -0.136. The number of nitrogens with one attached hydrogen (secondary N) is 1. The number of benzene rings is 1. The average Bonchev–Trinajstić information content (AvgIpc) is 2.84. The molecular weight excluding hydrogens is 248 g/mol. The van der Waals surface area contributed by atoms with Gasteiger partial charge in [-0.1, -0.05) is 24.3 Å². The number of hydrogen-bond donors (Lipinski definition) is 2. The molecule has 4 nitrogen and oxygen atoms in total.